The molecule has 0 fully saturated rings. The van der Waals surface area contributed by atoms with Gasteiger partial charge in [0.25, 0.3) is 0 Å². The van der Waals surface area contributed by atoms with Crippen LogP contribution in [0, 0.1) is 0 Å². The molecule has 5 nitrogen and oxygen atoms in total. The van der Waals surface area contributed by atoms with Gasteiger partial charge in [-0.15, -0.1) is 0 Å². The van der Waals surface area contributed by atoms with Crippen LogP contribution in [0.1, 0.15) is 0 Å². The van der Waals surface area contributed by atoms with E-state index >= 15 is 0 Å². The van der Waals surface area contributed by atoms with Gasteiger partial charge in [0.2, 0.25) is 5.95 Å². The lowest BCUT2D eigenvalue weighted by Crippen LogP contribution is -2.26. The molecule has 84 valence electrons. The highest BCUT2D eigenvalue weighted by Gasteiger charge is 2.07. The third-order valence-corrected chi connectivity index (χ3v) is 2.22. The monoisotopic (exact) mass is 218 g/mol. The molecular formula is C11H14N4O. The van der Waals surface area contributed by atoms with Crippen molar-refractivity contribution in [3.05, 3.63) is 30.7 Å². The zero-order valence-electron chi connectivity index (χ0n) is 9.13. The minimum atomic E-state index is 0.574. The number of furan rings is 1. The molecule has 2 aromatic heterocycles. The number of anilines is 1. The Labute approximate surface area is 93.9 Å². The van der Waals surface area contributed by atoms with Crippen LogP contribution in [-0.2, 0) is 0 Å². The predicted octanol–water partition coefficient (Wildman–Crippen LogP) is 1.13. The first-order chi connectivity index (χ1) is 7.81. The van der Waals surface area contributed by atoms with Crippen molar-refractivity contribution in [1.82, 2.24) is 9.97 Å². The molecule has 2 aromatic rings. The number of likely N-dealkylation sites (N-methyl/N-ethyl adjacent to an activating group) is 1. The van der Waals surface area contributed by atoms with Crippen LogP contribution in [0.25, 0.3) is 11.5 Å². The molecule has 0 aromatic carbocycles. The van der Waals surface area contributed by atoms with E-state index in [2.05, 4.69) is 9.97 Å². The Bertz CT molecular complexity index is 441. The van der Waals surface area contributed by atoms with Crippen molar-refractivity contribution >= 4 is 5.95 Å². The molecule has 0 radical (unpaired) electrons. The van der Waals surface area contributed by atoms with E-state index in [4.69, 9.17) is 10.2 Å². The maximum absolute atomic E-state index is 5.48. The van der Waals surface area contributed by atoms with E-state index in [1.165, 1.54) is 0 Å². The summed E-state index contributed by atoms with van der Waals surface area (Å²) in [5, 5.41) is 0. The van der Waals surface area contributed by atoms with Crippen molar-refractivity contribution < 1.29 is 4.42 Å². The summed E-state index contributed by atoms with van der Waals surface area (Å²) in [6.45, 7) is 1.30. The summed E-state index contributed by atoms with van der Waals surface area (Å²) >= 11 is 0. The molecular weight excluding hydrogens is 204 g/mol. The number of nitrogens with two attached hydrogens (primary N) is 1. The number of rotatable bonds is 4. The van der Waals surface area contributed by atoms with Crippen LogP contribution in [0.2, 0.25) is 0 Å². The maximum atomic E-state index is 5.48. The lowest BCUT2D eigenvalue weighted by atomic mass is 10.3. The summed E-state index contributed by atoms with van der Waals surface area (Å²) in [7, 11) is 1.91. The van der Waals surface area contributed by atoms with Crippen LogP contribution in [0.3, 0.4) is 0 Å². The molecule has 0 aliphatic rings. The molecule has 0 bridgehead atoms. The summed E-state index contributed by atoms with van der Waals surface area (Å²) in [5.41, 5.74) is 6.26. The van der Waals surface area contributed by atoms with E-state index in [1.807, 2.05) is 30.1 Å². The molecule has 0 amide bonds. The van der Waals surface area contributed by atoms with Gasteiger partial charge < -0.3 is 15.1 Å². The molecule has 2 heterocycles. The van der Waals surface area contributed by atoms with Crippen molar-refractivity contribution in [1.29, 1.82) is 0 Å². The van der Waals surface area contributed by atoms with Crippen LogP contribution in [0.5, 0.6) is 0 Å². The Kier molecular flexibility index (Phi) is 3.16. The number of hydrogen-bond donors (Lipinski definition) is 1. The fourth-order valence-corrected chi connectivity index (χ4v) is 1.39. The quantitative estimate of drug-likeness (QED) is 0.833. The third-order valence-electron chi connectivity index (χ3n) is 2.22. The van der Waals surface area contributed by atoms with Gasteiger partial charge in [-0.3, -0.25) is 0 Å². The average molecular weight is 218 g/mol. The summed E-state index contributed by atoms with van der Waals surface area (Å²) in [4.78, 5) is 10.5. The van der Waals surface area contributed by atoms with Crippen LogP contribution in [0.4, 0.5) is 5.95 Å². The van der Waals surface area contributed by atoms with Gasteiger partial charge in [-0.1, -0.05) is 0 Å². The zero-order valence-corrected chi connectivity index (χ0v) is 9.13. The molecule has 0 unspecified atom stereocenters. The van der Waals surface area contributed by atoms with E-state index in [0.717, 1.165) is 18.0 Å². The lowest BCUT2D eigenvalue weighted by Gasteiger charge is -2.15. The first-order valence-electron chi connectivity index (χ1n) is 5.09. The van der Waals surface area contributed by atoms with Crippen LogP contribution in [0.15, 0.2) is 35.1 Å². The van der Waals surface area contributed by atoms with Gasteiger partial charge in [0.1, 0.15) is 5.69 Å². The highest BCUT2D eigenvalue weighted by atomic mass is 16.3. The largest absolute Gasteiger partial charge is 0.463 e. The Hall–Kier alpha value is -1.88. The van der Waals surface area contributed by atoms with E-state index in [9.17, 15) is 0 Å². The lowest BCUT2D eigenvalue weighted by molar-refractivity contribution is 0.579. The van der Waals surface area contributed by atoms with Gasteiger partial charge in [-0.05, 0) is 18.2 Å². The normalized spacial score (nSPS) is 10.4. The van der Waals surface area contributed by atoms with Crippen molar-refractivity contribution in [2.75, 3.05) is 25.0 Å². The Balaban J connectivity index is 2.26. The van der Waals surface area contributed by atoms with Gasteiger partial charge in [0.05, 0.1) is 6.26 Å². The number of aromatic nitrogens is 2. The minimum absolute atomic E-state index is 0.574. The second kappa shape index (κ2) is 4.76. The Morgan fingerprint density at radius 3 is 3.00 bits per heavy atom. The SMILES string of the molecule is CN(CCN)c1nccc(-c2ccco2)n1. The predicted molar refractivity (Wildman–Crippen MR) is 62.1 cm³/mol. The van der Waals surface area contributed by atoms with Gasteiger partial charge in [0.15, 0.2) is 5.76 Å². The Morgan fingerprint density at radius 2 is 2.31 bits per heavy atom. The summed E-state index contributed by atoms with van der Waals surface area (Å²) in [6.07, 6.45) is 3.34. The van der Waals surface area contributed by atoms with Gasteiger partial charge in [-0.2, -0.15) is 0 Å². The maximum Gasteiger partial charge on any atom is 0.225 e. The van der Waals surface area contributed by atoms with Gasteiger partial charge in [-0.25, -0.2) is 9.97 Å². The second-order valence-electron chi connectivity index (χ2n) is 3.43. The highest BCUT2D eigenvalue weighted by Crippen LogP contribution is 2.18. The van der Waals surface area contributed by atoms with Gasteiger partial charge >= 0.3 is 0 Å². The molecule has 16 heavy (non-hydrogen) atoms. The highest BCUT2D eigenvalue weighted by molar-refractivity contribution is 5.53. The summed E-state index contributed by atoms with van der Waals surface area (Å²) < 4.78 is 5.28. The van der Waals surface area contributed by atoms with Gasteiger partial charge in [0, 0.05) is 26.3 Å². The van der Waals surface area contributed by atoms with Crippen LogP contribution < -0.4 is 10.6 Å². The second-order valence-corrected chi connectivity index (χ2v) is 3.43. The Morgan fingerprint density at radius 1 is 1.44 bits per heavy atom. The van der Waals surface area contributed by atoms with E-state index in [-0.39, 0.29) is 0 Å². The molecule has 0 aliphatic carbocycles. The fourth-order valence-electron chi connectivity index (χ4n) is 1.39. The molecule has 0 aliphatic heterocycles. The zero-order chi connectivity index (χ0) is 11.4. The molecule has 2 rings (SSSR count). The average Bonchev–Trinajstić information content (AvgIpc) is 2.83. The minimum Gasteiger partial charge on any atom is -0.463 e. The molecule has 5 heteroatoms. The molecule has 2 N–H and O–H groups in total. The van der Waals surface area contributed by atoms with Crippen molar-refractivity contribution in [2.24, 2.45) is 5.73 Å². The topological polar surface area (TPSA) is 68.2 Å². The molecule has 0 saturated heterocycles. The van der Waals surface area contributed by atoms with Crippen molar-refractivity contribution in [3.8, 4) is 11.5 Å². The molecule has 0 atom stereocenters. The van der Waals surface area contributed by atoms with Crippen LogP contribution >= 0.6 is 0 Å². The van der Waals surface area contributed by atoms with Crippen LogP contribution in [-0.4, -0.2) is 30.1 Å². The molecule has 0 saturated carbocycles. The first-order valence-corrected chi connectivity index (χ1v) is 5.09. The van der Waals surface area contributed by atoms with E-state index in [0.29, 0.717) is 12.5 Å². The summed E-state index contributed by atoms with van der Waals surface area (Å²) in [5.74, 6) is 1.39. The van der Waals surface area contributed by atoms with Crippen molar-refractivity contribution in [3.63, 3.8) is 0 Å². The smallest absolute Gasteiger partial charge is 0.225 e. The van der Waals surface area contributed by atoms with E-state index in [1.54, 1.807) is 12.5 Å². The van der Waals surface area contributed by atoms with Crippen molar-refractivity contribution in [2.45, 2.75) is 0 Å². The first kappa shape index (κ1) is 10.6. The number of nitrogens with zero attached hydrogens (tertiary/aromatic N) is 3. The van der Waals surface area contributed by atoms with E-state index < -0.39 is 0 Å². The third kappa shape index (κ3) is 2.20. The standard InChI is InChI=1S/C11H14N4O/c1-15(7-5-12)11-13-6-4-9(14-11)10-3-2-8-16-10/h2-4,6,8H,5,7,12H2,1H3. The summed E-state index contributed by atoms with van der Waals surface area (Å²) in [6, 6.07) is 5.52. The molecule has 0 spiro atoms. The fraction of sp³-hybridized carbons (Fsp3) is 0.273. The number of hydrogen-bond acceptors (Lipinski definition) is 5.